The van der Waals surface area contributed by atoms with Gasteiger partial charge in [0, 0.05) is 12.7 Å². The summed E-state index contributed by atoms with van der Waals surface area (Å²) < 4.78 is 2.16. The Labute approximate surface area is 97.8 Å². The maximum atomic E-state index is 11.5. The van der Waals surface area contributed by atoms with Crippen LogP contribution in [0.15, 0.2) is 21.8 Å². The third kappa shape index (κ3) is 4.13. The normalized spacial score (nSPS) is 10.5. The zero-order chi connectivity index (χ0) is 11.1. The van der Waals surface area contributed by atoms with Crippen molar-refractivity contribution in [2.75, 3.05) is 13.1 Å². The maximum Gasteiger partial charge on any atom is 0.267 e. The SMILES string of the molecule is CCNCCCCn1cncc(Br)c1=O. The molecule has 0 aliphatic carbocycles. The number of unbranched alkanes of at least 4 members (excludes halogenated alkanes) is 1. The summed E-state index contributed by atoms with van der Waals surface area (Å²) in [5.74, 6) is 0. The van der Waals surface area contributed by atoms with E-state index in [0.717, 1.165) is 32.5 Å². The van der Waals surface area contributed by atoms with Crippen LogP contribution in [0.25, 0.3) is 0 Å². The second-order valence-electron chi connectivity index (χ2n) is 3.30. The van der Waals surface area contributed by atoms with Gasteiger partial charge in [-0.1, -0.05) is 6.92 Å². The number of aryl methyl sites for hydroxylation is 1. The van der Waals surface area contributed by atoms with E-state index in [9.17, 15) is 4.79 Å². The highest BCUT2D eigenvalue weighted by Crippen LogP contribution is 1.99. The summed E-state index contributed by atoms with van der Waals surface area (Å²) in [4.78, 5) is 15.5. The second-order valence-corrected chi connectivity index (χ2v) is 4.16. The van der Waals surface area contributed by atoms with E-state index in [-0.39, 0.29) is 5.56 Å². The van der Waals surface area contributed by atoms with Crippen LogP contribution in [0, 0.1) is 0 Å². The summed E-state index contributed by atoms with van der Waals surface area (Å²) in [5.41, 5.74) is -0.00606. The molecule has 0 atom stereocenters. The average Bonchev–Trinajstić information content (AvgIpc) is 2.24. The van der Waals surface area contributed by atoms with Gasteiger partial charge in [0.1, 0.15) is 4.47 Å². The molecule has 5 heteroatoms. The lowest BCUT2D eigenvalue weighted by molar-refractivity contribution is 0.559. The molecule has 0 aromatic carbocycles. The molecule has 4 nitrogen and oxygen atoms in total. The molecule has 0 amide bonds. The molecule has 0 unspecified atom stereocenters. The summed E-state index contributed by atoms with van der Waals surface area (Å²) in [5, 5.41) is 3.25. The van der Waals surface area contributed by atoms with E-state index in [0.29, 0.717) is 4.47 Å². The predicted octanol–water partition coefficient (Wildman–Crippen LogP) is 1.40. The Morgan fingerprint density at radius 3 is 3.07 bits per heavy atom. The van der Waals surface area contributed by atoms with E-state index in [1.807, 2.05) is 0 Å². The van der Waals surface area contributed by atoms with Gasteiger partial charge in [-0.3, -0.25) is 9.36 Å². The number of halogens is 1. The van der Waals surface area contributed by atoms with Crippen LogP contribution in [0.3, 0.4) is 0 Å². The molecule has 0 aliphatic heterocycles. The molecule has 0 radical (unpaired) electrons. The van der Waals surface area contributed by atoms with Crippen molar-refractivity contribution in [3.8, 4) is 0 Å². The first-order chi connectivity index (χ1) is 7.25. The van der Waals surface area contributed by atoms with Crippen LogP contribution in [-0.2, 0) is 6.54 Å². The predicted molar refractivity (Wildman–Crippen MR) is 64.0 cm³/mol. The third-order valence-electron chi connectivity index (χ3n) is 2.11. The van der Waals surface area contributed by atoms with Crippen LogP contribution >= 0.6 is 15.9 Å². The van der Waals surface area contributed by atoms with Gasteiger partial charge in [-0.05, 0) is 41.9 Å². The second kappa shape index (κ2) is 6.74. The molecule has 15 heavy (non-hydrogen) atoms. The Bertz CT molecular complexity index is 351. The summed E-state index contributed by atoms with van der Waals surface area (Å²) in [6, 6.07) is 0. The number of nitrogens with one attached hydrogen (secondary N) is 1. The van der Waals surface area contributed by atoms with Crippen molar-refractivity contribution < 1.29 is 0 Å². The van der Waals surface area contributed by atoms with Gasteiger partial charge in [0.05, 0.1) is 6.33 Å². The quantitative estimate of drug-likeness (QED) is 0.797. The van der Waals surface area contributed by atoms with Crippen molar-refractivity contribution in [3.63, 3.8) is 0 Å². The monoisotopic (exact) mass is 273 g/mol. The lowest BCUT2D eigenvalue weighted by atomic mass is 10.3. The van der Waals surface area contributed by atoms with Crippen LogP contribution in [0.1, 0.15) is 19.8 Å². The summed E-state index contributed by atoms with van der Waals surface area (Å²) in [7, 11) is 0. The lowest BCUT2D eigenvalue weighted by Crippen LogP contribution is -2.21. The number of hydrogen-bond acceptors (Lipinski definition) is 3. The van der Waals surface area contributed by atoms with Crippen molar-refractivity contribution in [2.24, 2.45) is 0 Å². The van der Waals surface area contributed by atoms with Gasteiger partial charge in [-0.15, -0.1) is 0 Å². The molecule has 0 bridgehead atoms. The molecule has 84 valence electrons. The van der Waals surface area contributed by atoms with Gasteiger partial charge >= 0.3 is 0 Å². The number of nitrogens with zero attached hydrogens (tertiary/aromatic N) is 2. The zero-order valence-corrected chi connectivity index (χ0v) is 10.5. The highest BCUT2D eigenvalue weighted by atomic mass is 79.9. The van der Waals surface area contributed by atoms with Crippen LogP contribution in [0.5, 0.6) is 0 Å². The van der Waals surface area contributed by atoms with Gasteiger partial charge in [-0.25, -0.2) is 4.98 Å². The minimum atomic E-state index is -0.00606. The van der Waals surface area contributed by atoms with E-state index in [4.69, 9.17) is 0 Å². The van der Waals surface area contributed by atoms with E-state index >= 15 is 0 Å². The number of rotatable bonds is 6. The van der Waals surface area contributed by atoms with Crippen molar-refractivity contribution >= 4 is 15.9 Å². The smallest absolute Gasteiger partial charge is 0.267 e. The van der Waals surface area contributed by atoms with E-state index in [2.05, 4.69) is 33.2 Å². The van der Waals surface area contributed by atoms with Gasteiger partial charge < -0.3 is 5.32 Å². The first kappa shape index (κ1) is 12.4. The molecule has 1 rings (SSSR count). The van der Waals surface area contributed by atoms with E-state index in [1.54, 1.807) is 10.9 Å². The topological polar surface area (TPSA) is 46.9 Å². The largest absolute Gasteiger partial charge is 0.317 e. The molecule has 0 fully saturated rings. The van der Waals surface area contributed by atoms with Gasteiger partial charge in [0.2, 0.25) is 0 Å². The standard InChI is InChI=1S/C10H16BrN3O/c1-2-12-5-3-4-6-14-8-13-7-9(11)10(14)15/h7-8,12H,2-6H2,1H3. The Morgan fingerprint density at radius 2 is 2.33 bits per heavy atom. The lowest BCUT2D eigenvalue weighted by Gasteiger charge is -2.05. The molecule has 1 aromatic rings. The molecular weight excluding hydrogens is 258 g/mol. The maximum absolute atomic E-state index is 11.5. The fourth-order valence-corrected chi connectivity index (χ4v) is 1.64. The first-order valence-corrected chi connectivity index (χ1v) is 5.95. The molecule has 0 saturated carbocycles. The average molecular weight is 274 g/mol. The molecule has 0 aliphatic rings. The number of hydrogen-bond donors (Lipinski definition) is 1. The molecule has 1 heterocycles. The van der Waals surface area contributed by atoms with Crippen molar-refractivity contribution in [1.29, 1.82) is 0 Å². The van der Waals surface area contributed by atoms with Crippen molar-refractivity contribution in [1.82, 2.24) is 14.9 Å². The fraction of sp³-hybridized carbons (Fsp3) is 0.600. The minimum absolute atomic E-state index is 0.00606. The van der Waals surface area contributed by atoms with E-state index < -0.39 is 0 Å². The Hall–Kier alpha value is -0.680. The third-order valence-corrected chi connectivity index (χ3v) is 2.66. The van der Waals surface area contributed by atoms with Gasteiger partial charge in [-0.2, -0.15) is 0 Å². The highest BCUT2D eigenvalue weighted by Gasteiger charge is 1.99. The molecule has 1 aromatic heterocycles. The zero-order valence-electron chi connectivity index (χ0n) is 8.87. The molecule has 1 N–H and O–H groups in total. The molecular formula is C10H16BrN3O. The minimum Gasteiger partial charge on any atom is -0.317 e. The van der Waals surface area contributed by atoms with E-state index in [1.165, 1.54) is 6.20 Å². The van der Waals surface area contributed by atoms with Gasteiger partial charge in [0.15, 0.2) is 0 Å². The number of aromatic nitrogens is 2. The highest BCUT2D eigenvalue weighted by molar-refractivity contribution is 9.10. The molecule has 0 spiro atoms. The van der Waals surface area contributed by atoms with Crippen molar-refractivity contribution in [2.45, 2.75) is 26.3 Å². The first-order valence-electron chi connectivity index (χ1n) is 5.16. The fourth-order valence-electron chi connectivity index (χ4n) is 1.29. The van der Waals surface area contributed by atoms with Crippen LogP contribution in [-0.4, -0.2) is 22.6 Å². The Morgan fingerprint density at radius 1 is 1.53 bits per heavy atom. The summed E-state index contributed by atoms with van der Waals surface area (Å²) >= 11 is 3.17. The Balaban J connectivity index is 2.38. The van der Waals surface area contributed by atoms with Crippen LogP contribution < -0.4 is 10.9 Å². The van der Waals surface area contributed by atoms with Crippen molar-refractivity contribution in [3.05, 3.63) is 27.4 Å². The van der Waals surface area contributed by atoms with Gasteiger partial charge in [0.25, 0.3) is 5.56 Å². The van der Waals surface area contributed by atoms with Crippen LogP contribution in [0.4, 0.5) is 0 Å². The summed E-state index contributed by atoms with van der Waals surface area (Å²) in [6.07, 6.45) is 5.18. The summed E-state index contributed by atoms with van der Waals surface area (Å²) in [6.45, 7) is 4.82. The van der Waals surface area contributed by atoms with Crippen LogP contribution in [0.2, 0.25) is 0 Å². The molecule has 0 saturated heterocycles. The Kier molecular flexibility index (Phi) is 5.57.